The number of carbonyl (C=O) groups excluding carboxylic acids is 2. The Balaban J connectivity index is 2.56. The maximum Gasteiger partial charge on any atom is 0.270 e. The van der Waals surface area contributed by atoms with E-state index in [2.05, 4.69) is 6.58 Å². The van der Waals surface area contributed by atoms with Crippen LogP contribution in [0.2, 0.25) is 0 Å². The minimum Gasteiger partial charge on any atom is -0.476 e. The van der Waals surface area contributed by atoms with Gasteiger partial charge in [-0.2, -0.15) is 0 Å². The molecule has 0 N–H and O–H groups in total. The fourth-order valence-corrected chi connectivity index (χ4v) is 2.10. The fourth-order valence-electron chi connectivity index (χ4n) is 2.10. The molecule has 4 heteroatoms. The molecule has 0 aromatic heterocycles. The average molecular weight is 259 g/mol. The van der Waals surface area contributed by atoms with Crippen LogP contribution in [0.5, 0.6) is 5.75 Å². The van der Waals surface area contributed by atoms with Crippen LogP contribution in [0.1, 0.15) is 31.1 Å². The van der Waals surface area contributed by atoms with Gasteiger partial charge in [0, 0.05) is 12.1 Å². The number of amides is 1. The molecular formula is C15H17NO3. The highest BCUT2D eigenvalue weighted by Crippen LogP contribution is 2.38. The first kappa shape index (κ1) is 13.3. The number of benzene rings is 1. The standard InChI is InChI=1S/C15H17NO3/c1-5-8-16-12-9-11(10(2)17)6-7-13(12)19-15(3,4)14(16)18/h5-7,9H,1,8H2,2-4H3. The highest BCUT2D eigenvalue weighted by molar-refractivity contribution is 6.04. The molecule has 0 unspecified atom stereocenters. The van der Waals surface area contributed by atoms with E-state index in [9.17, 15) is 9.59 Å². The van der Waals surface area contributed by atoms with E-state index in [1.54, 1.807) is 43.0 Å². The molecule has 1 aliphatic rings. The van der Waals surface area contributed by atoms with Gasteiger partial charge in [-0.05, 0) is 39.0 Å². The van der Waals surface area contributed by atoms with Crippen molar-refractivity contribution in [3.05, 3.63) is 36.4 Å². The largest absolute Gasteiger partial charge is 0.476 e. The number of carbonyl (C=O) groups is 2. The molecule has 1 aliphatic heterocycles. The van der Waals surface area contributed by atoms with Crippen LogP contribution in [0.3, 0.4) is 0 Å². The number of ether oxygens (including phenoxy) is 1. The molecule has 0 bridgehead atoms. The minimum atomic E-state index is -0.909. The first-order chi connectivity index (χ1) is 8.86. The SMILES string of the molecule is C=CCN1C(=O)C(C)(C)Oc2ccc(C(C)=O)cc21. The Labute approximate surface area is 112 Å². The van der Waals surface area contributed by atoms with E-state index in [0.29, 0.717) is 23.5 Å². The van der Waals surface area contributed by atoms with Gasteiger partial charge in [0.05, 0.1) is 5.69 Å². The van der Waals surface area contributed by atoms with Gasteiger partial charge in [0.2, 0.25) is 0 Å². The van der Waals surface area contributed by atoms with Crippen molar-refractivity contribution >= 4 is 17.4 Å². The number of rotatable bonds is 3. The van der Waals surface area contributed by atoms with Gasteiger partial charge in [-0.1, -0.05) is 6.08 Å². The van der Waals surface area contributed by atoms with E-state index >= 15 is 0 Å². The Morgan fingerprint density at radius 3 is 2.74 bits per heavy atom. The lowest BCUT2D eigenvalue weighted by molar-refractivity contribution is -0.132. The summed E-state index contributed by atoms with van der Waals surface area (Å²) in [6.07, 6.45) is 1.66. The molecule has 100 valence electrons. The number of nitrogens with zero attached hydrogens (tertiary/aromatic N) is 1. The smallest absolute Gasteiger partial charge is 0.270 e. The summed E-state index contributed by atoms with van der Waals surface area (Å²) < 4.78 is 5.71. The zero-order valence-corrected chi connectivity index (χ0v) is 11.4. The summed E-state index contributed by atoms with van der Waals surface area (Å²) in [5.41, 5.74) is 0.272. The third kappa shape index (κ3) is 2.26. The molecule has 1 heterocycles. The van der Waals surface area contributed by atoms with Gasteiger partial charge in [-0.15, -0.1) is 6.58 Å². The van der Waals surface area contributed by atoms with Crippen molar-refractivity contribution in [2.45, 2.75) is 26.4 Å². The highest BCUT2D eigenvalue weighted by Gasteiger charge is 2.40. The monoisotopic (exact) mass is 259 g/mol. The molecule has 0 atom stereocenters. The van der Waals surface area contributed by atoms with Crippen molar-refractivity contribution < 1.29 is 14.3 Å². The van der Waals surface area contributed by atoms with Gasteiger partial charge >= 0.3 is 0 Å². The van der Waals surface area contributed by atoms with Crippen LogP contribution < -0.4 is 9.64 Å². The lowest BCUT2D eigenvalue weighted by atomic mass is 10.0. The van der Waals surface area contributed by atoms with Crippen molar-refractivity contribution in [3.8, 4) is 5.75 Å². The predicted octanol–water partition coefficient (Wildman–Crippen LogP) is 2.58. The van der Waals surface area contributed by atoms with Crippen LogP contribution in [0.15, 0.2) is 30.9 Å². The normalized spacial score (nSPS) is 16.6. The summed E-state index contributed by atoms with van der Waals surface area (Å²) in [4.78, 5) is 25.4. The lowest BCUT2D eigenvalue weighted by Crippen LogP contribution is -2.52. The number of hydrogen-bond acceptors (Lipinski definition) is 3. The first-order valence-corrected chi connectivity index (χ1v) is 6.13. The van der Waals surface area contributed by atoms with E-state index in [4.69, 9.17) is 4.74 Å². The second-order valence-electron chi connectivity index (χ2n) is 5.06. The minimum absolute atomic E-state index is 0.0429. The van der Waals surface area contributed by atoms with Crippen LogP contribution in [-0.4, -0.2) is 23.8 Å². The summed E-state index contributed by atoms with van der Waals surface area (Å²) in [5, 5.41) is 0. The molecule has 0 aliphatic carbocycles. The molecule has 2 rings (SSSR count). The molecule has 1 aromatic carbocycles. The summed E-state index contributed by atoms with van der Waals surface area (Å²) in [5.74, 6) is 0.427. The van der Waals surface area contributed by atoms with Crippen LogP contribution in [0, 0.1) is 0 Å². The average Bonchev–Trinajstić information content (AvgIpc) is 2.34. The number of fused-ring (bicyclic) bond motifs is 1. The van der Waals surface area contributed by atoms with Gasteiger partial charge < -0.3 is 9.64 Å². The highest BCUT2D eigenvalue weighted by atomic mass is 16.5. The van der Waals surface area contributed by atoms with E-state index < -0.39 is 5.60 Å². The fraction of sp³-hybridized carbons (Fsp3) is 0.333. The summed E-state index contributed by atoms with van der Waals surface area (Å²) >= 11 is 0. The van der Waals surface area contributed by atoms with E-state index in [1.807, 2.05) is 0 Å². The maximum atomic E-state index is 12.3. The second kappa shape index (κ2) is 4.53. The van der Waals surface area contributed by atoms with Gasteiger partial charge in [0.1, 0.15) is 5.75 Å². The Hall–Kier alpha value is -2.10. The van der Waals surface area contributed by atoms with Crippen molar-refractivity contribution in [2.24, 2.45) is 0 Å². The van der Waals surface area contributed by atoms with Crippen LogP contribution in [-0.2, 0) is 4.79 Å². The Morgan fingerprint density at radius 1 is 1.47 bits per heavy atom. The van der Waals surface area contributed by atoms with Gasteiger partial charge in [-0.25, -0.2) is 0 Å². The number of ketones is 1. The van der Waals surface area contributed by atoms with Crippen molar-refractivity contribution in [1.29, 1.82) is 0 Å². The van der Waals surface area contributed by atoms with Crippen molar-refractivity contribution in [1.82, 2.24) is 0 Å². The van der Waals surface area contributed by atoms with Crippen molar-refractivity contribution in [2.75, 3.05) is 11.4 Å². The topological polar surface area (TPSA) is 46.6 Å². The zero-order chi connectivity index (χ0) is 14.2. The molecule has 1 amide bonds. The number of hydrogen-bond donors (Lipinski definition) is 0. The van der Waals surface area contributed by atoms with Crippen molar-refractivity contribution in [3.63, 3.8) is 0 Å². The van der Waals surface area contributed by atoms with E-state index in [1.165, 1.54) is 6.92 Å². The molecule has 0 saturated heterocycles. The zero-order valence-electron chi connectivity index (χ0n) is 11.4. The summed E-state index contributed by atoms with van der Waals surface area (Å²) in [7, 11) is 0. The van der Waals surface area contributed by atoms with Crippen LogP contribution in [0.4, 0.5) is 5.69 Å². The second-order valence-corrected chi connectivity index (χ2v) is 5.06. The number of anilines is 1. The van der Waals surface area contributed by atoms with Crippen LogP contribution in [0.25, 0.3) is 0 Å². The quantitative estimate of drug-likeness (QED) is 0.619. The first-order valence-electron chi connectivity index (χ1n) is 6.13. The Bertz CT molecular complexity index is 561. The lowest BCUT2D eigenvalue weighted by Gasteiger charge is -2.38. The molecule has 1 aromatic rings. The van der Waals surface area contributed by atoms with E-state index in [0.717, 1.165) is 0 Å². The molecule has 0 spiro atoms. The Kier molecular flexibility index (Phi) is 3.18. The Morgan fingerprint density at radius 2 is 2.16 bits per heavy atom. The van der Waals surface area contributed by atoms with Gasteiger partial charge in [0.15, 0.2) is 11.4 Å². The predicted molar refractivity (Wildman–Crippen MR) is 73.7 cm³/mol. The molecule has 0 fully saturated rings. The third-order valence-corrected chi connectivity index (χ3v) is 3.09. The molecule has 4 nitrogen and oxygen atoms in total. The summed E-state index contributed by atoms with van der Waals surface area (Å²) in [6.45, 7) is 9.01. The van der Waals surface area contributed by atoms with Gasteiger partial charge in [-0.3, -0.25) is 9.59 Å². The van der Waals surface area contributed by atoms with Crippen LogP contribution >= 0.6 is 0 Å². The molecule has 0 saturated carbocycles. The molecular weight excluding hydrogens is 242 g/mol. The summed E-state index contributed by atoms with van der Waals surface area (Å²) in [6, 6.07) is 5.13. The number of Topliss-reactive ketones (excluding diaryl/α,β-unsaturated/α-hetero) is 1. The van der Waals surface area contributed by atoms with E-state index in [-0.39, 0.29) is 11.7 Å². The van der Waals surface area contributed by atoms with Gasteiger partial charge in [0.25, 0.3) is 5.91 Å². The molecule has 19 heavy (non-hydrogen) atoms. The maximum absolute atomic E-state index is 12.3. The third-order valence-electron chi connectivity index (χ3n) is 3.09. The molecule has 0 radical (unpaired) electrons.